The van der Waals surface area contributed by atoms with Crippen molar-refractivity contribution in [1.82, 2.24) is 20.2 Å². The van der Waals surface area contributed by atoms with Gasteiger partial charge in [-0.3, -0.25) is 0 Å². The molecule has 0 aliphatic carbocycles. The van der Waals surface area contributed by atoms with Crippen molar-refractivity contribution >= 4 is 5.69 Å². The minimum atomic E-state index is -0.414. The fourth-order valence-electron chi connectivity index (χ4n) is 1.86. The smallest absolute Gasteiger partial charge is 0.182 e. The number of nitrogen functional groups attached to an aromatic ring is 1. The number of tetrazole rings is 1. The summed E-state index contributed by atoms with van der Waals surface area (Å²) in [5.74, 6) is 0.0557. The summed E-state index contributed by atoms with van der Waals surface area (Å²) in [4.78, 5) is 0. The Labute approximate surface area is 110 Å². The van der Waals surface area contributed by atoms with Crippen LogP contribution in [0.3, 0.4) is 0 Å². The van der Waals surface area contributed by atoms with Crippen LogP contribution in [0.2, 0.25) is 0 Å². The summed E-state index contributed by atoms with van der Waals surface area (Å²) >= 11 is 0. The van der Waals surface area contributed by atoms with E-state index >= 15 is 0 Å². The normalized spacial score (nSPS) is 12.6. The molecule has 1 heterocycles. The first kappa shape index (κ1) is 13.4. The zero-order chi connectivity index (χ0) is 13.8. The zero-order valence-corrected chi connectivity index (χ0v) is 10.9. The molecule has 1 atom stereocenters. The topological polar surface area (TPSA) is 78.8 Å². The summed E-state index contributed by atoms with van der Waals surface area (Å²) in [6, 6.07) is 4.24. The van der Waals surface area contributed by atoms with Crippen LogP contribution in [0.25, 0.3) is 11.4 Å². The molecule has 1 aromatic carbocycles. The third-order valence-corrected chi connectivity index (χ3v) is 2.59. The summed E-state index contributed by atoms with van der Waals surface area (Å²) in [6.45, 7) is 4.96. The molecule has 1 aromatic heterocycles. The molecule has 2 aromatic rings. The second-order valence-electron chi connectivity index (χ2n) is 4.22. The van der Waals surface area contributed by atoms with Gasteiger partial charge in [-0.1, -0.05) is 0 Å². The molecular formula is C12H16FN5O. The lowest BCUT2D eigenvalue weighted by Gasteiger charge is -2.12. The van der Waals surface area contributed by atoms with Crippen LogP contribution in [0.4, 0.5) is 10.1 Å². The Balaban J connectivity index is 2.28. The second-order valence-corrected chi connectivity index (χ2v) is 4.22. The maximum atomic E-state index is 13.4. The second kappa shape index (κ2) is 5.75. The van der Waals surface area contributed by atoms with Crippen molar-refractivity contribution in [3.8, 4) is 11.4 Å². The molecule has 0 bridgehead atoms. The van der Waals surface area contributed by atoms with Gasteiger partial charge >= 0.3 is 0 Å². The van der Waals surface area contributed by atoms with E-state index in [1.54, 1.807) is 10.7 Å². The maximum absolute atomic E-state index is 13.4. The molecule has 0 radical (unpaired) electrons. The van der Waals surface area contributed by atoms with Gasteiger partial charge in [0.2, 0.25) is 0 Å². The van der Waals surface area contributed by atoms with Gasteiger partial charge in [0.05, 0.1) is 12.6 Å². The Bertz CT molecular complexity index is 537. The van der Waals surface area contributed by atoms with Gasteiger partial charge < -0.3 is 10.5 Å². The van der Waals surface area contributed by atoms with Crippen LogP contribution in [0.1, 0.15) is 13.8 Å². The van der Waals surface area contributed by atoms with Gasteiger partial charge in [-0.15, -0.1) is 5.10 Å². The molecule has 0 saturated heterocycles. The molecule has 6 nitrogen and oxygen atoms in total. The van der Waals surface area contributed by atoms with Crippen molar-refractivity contribution in [2.45, 2.75) is 26.5 Å². The largest absolute Gasteiger partial charge is 0.399 e. The van der Waals surface area contributed by atoms with E-state index in [-0.39, 0.29) is 6.10 Å². The molecule has 2 N–H and O–H groups in total. The molecule has 7 heteroatoms. The highest BCUT2D eigenvalue weighted by atomic mass is 19.1. The molecule has 2 rings (SSSR count). The molecule has 0 saturated carbocycles. The number of rotatable bonds is 5. The van der Waals surface area contributed by atoms with Crippen LogP contribution in [0.5, 0.6) is 0 Å². The van der Waals surface area contributed by atoms with Crippen LogP contribution in [0.15, 0.2) is 18.2 Å². The highest BCUT2D eigenvalue weighted by molar-refractivity contribution is 5.61. The molecule has 19 heavy (non-hydrogen) atoms. The van der Waals surface area contributed by atoms with E-state index in [2.05, 4.69) is 15.5 Å². The van der Waals surface area contributed by atoms with Crippen LogP contribution in [-0.4, -0.2) is 32.9 Å². The van der Waals surface area contributed by atoms with Gasteiger partial charge in [0.25, 0.3) is 0 Å². The highest BCUT2D eigenvalue weighted by Gasteiger charge is 2.13. The number of halogens is 1. The number of benzene rings is 1. The van der Waals surface area contributed by atoms with Crippen LogP contribution in [0, 0.1) is 5.82 Å². The van der Waals surface area contributed by atoms with Crippen LogP contribution >= 0.6 is 0 Å². The number of anilines is 1. The van der Waals surface area contributed by atoms with Crippen LogP contribution < -0.4 is 5.73 Å². The van der Waals surface area contributed by atoms with Crippen molar-refractivity contribution < 1.29 is 9.13 Å². The van der Waals surface area contributed by atoms with Crippen molar-refractivity contribution in [2.75, 3.05) is 12.3 Å². The number of aromatic nitrogens is 4. The quantitative estimate of drug-likeness (QED) is 0.828. The summed E-state index contributed by atoms with van der Waals surface area (Å²) in [6.07, 6.45) is -0.0295. The number of ether oxygens (including phenoxy) is 1. The third-order valence-electron chi connectivity index (χ3n) is 2.59. The van der Waals surface area contributed by atoms with Gasteiger partial charge in [0, 0.05) is 17.9 Å². The van der Waals surface area contributed by atoms with E-state index < -0.39 is 5.82 Å². The van der Waals surface area contributed by atoms with Gasteiger partial charge in [0.1, 0.15) is 5.82 Å². The van der Waals surface area contributed by atoms with E-state index in [1.165, 1.54) is 12.1 Å². The fraction of sp³-hybridized carbons (Fsp3) is 0.417. The minimum Gasteiger partial charge on any atom is -0.399 e. The first-order valence-electron chi connectivity index (χ1n) is 6.04. The zero-order valence-electron chi connectivity index (χ0n) is 10.9. The van der Waals surface area contributed by atoms with Gasteiger partial charge in [-0.05, 0) is 42.5 Å². The van der Waals surface area contributed by atoms with Gasteiger partial charge in [-0.2, -0.15) is 0 Å². The molecule has 0 spiro atoms. The molecule has 0 aliphatic rings. The van der Waals surface area contributed by atoms with Crippen LogP contribution in [-0.2, 0) is 11.3 Å². The van der Waals surface area contributed by atoms with Gasteiger partial charge in [-0.25, -0.2) is 9.07 Å². The van der Waals surface area contributed by atoms with E-state index in [4.69, 9.17) is 10.5 Å². The first-order chi connectivity index (χ1) is 9.10. The number of nitrogens with two attached hydrogens (primary N) is 1. The standard InChI is InChI=1S/C12H16FN5O/c1-3-19-8(2)7-18-12(15-16-17-18)9-4-10(13)6-11(14)5-9/h4-6,8H,3,7,14H2,1-2H3. The molecule has 0 amide bonds. The predicted molar refractivity (Wildman–Crippen MR) is 68.7 cm³/mol. The van der Waals surface area contributed by atoms with Gasteiger partial charge in [0.15, 0.2) is 5.82 Å². The third kappa shape index (κ3) is 3.25. The monoisotopic (exact) mass is 265 g/mol. The molecule has 0 fully saturated rings. The van der Waals surface area contributed by atoms with E-state index in [9.17, 15) is 4.39 Å². The van der Waals surface area contributed by atoms with E-state index in [0.29, 0.717) is 30.2 Å². The number of hydrogen-bond donors (Lipinski definition) is 1. The number of hydrogen-bond acceptors (Lipinski definition) is 5. The van der Waals surface area contributed by atoms with E-state index in [0.717, 1.165) is 0 Å². The average molecular weight is 265 g/mol. The first-order valence-corrected chi connectivity index (χ1v) is 6.04. The lowest BCUT2D eigenvalue weighted by Crippen LogP contribution is -2.18. The summed E-state index contributed by atoms with van der Waals surface area (Å²) < 4.78 is 20.4. The molecule has 102 valence electrons. The van der Waals surface area contributed by atoms with Crippen molar-refractivity contribution in [2.24, 2.45) is 0 Å². The van der Waals surface area contributed by atoms with Crippen molar-refractivity contribution in [3.05, 3.63) is 24.0 Å². The summed E-state index contributed by atoms with van der Waals surface area (Å²) in [7, 11) is 0. The summed E-state index contributed by atoms with van der Waals surface area (Å²) in [5, 5.41) is 11.4. The lowest BCUT2D eigenvalue weighted by molar-refractivity contribution is 0.0614. The number of nitrogens with zero attached hydrogens (tertiary/aromatic N) is 4. The molecule has 1 unspecified atom stereocenters. The molecule has 0 aliphatic heterocycles. The van der Waals surface area contributed by atoms with Crippen molar-refractivity contribution in [1.29, 1.82) is 0 Å². The van der Waals surface area contributed by atoms with Crippen molar-refractivity contribution in [3.63, 3.8) is 0 Å². The molecular weight excluding hydrogens is 249 g/mol. The lowest BCUT2D eigenvalue weighted by atomic mass is 10.2. The minimum absolute atomic E-state index is 0.0295. The van der Waals surface area contributed by atoms with E-state index in [1.807, 2.05) is 13.8 Å². The highest BCUT2D eigenvalue weighted by Crippen LogP contribution is 2.20. The fourth-order valence-corrected chi connectivity index (χ4v) is 1.86. The average Bonchev–Trinajstić information content (AvgIpc) is 2.76. The Morgan fingerprint density at radius 2 is 2.21 bits per heavy atom. The Hall–Kier alpha value is -2.02. The maximum Gasteiger partial charge on any atom is 0.182 e. The summed E-state index contributed by atoms with van der Waals surface area (Å²) in [5.41, 5.74) is 6.50. The Morgan fingerprint density at radius 3 is 2.89 bits per heavy atom. The predicted octanol–water partition coefficient (Wildman–Crippen LogP) is 1.49. The Morgan fingerprint density at radius 1 is 1.42 bits per heavy atom. The SMILES string of the molecule is CCOC(C)Cn1nnnc1-c1cc(N)cc(F)c1. The Kier molecular flexibility index (Phi) is 4.06.